The molecule has 1 aromatic carbocycles. The maximum Gasteiger partial charge on any atom is 0.0687 e. The molecular weight excluding hydrogens is 184 g/mol. The Kier molecular flexibility index (Phi) is 3.11. The summed E-state index contributed by atoms with van der Waals surface area (Å²) in [4.78, 5) is 0. The normalized spacial score (nSPS) is 24.5. The van der Waals surface area contributed by atoms with E-state index in [0.29, 0.717) is 18.1 Å². The molecule has 0 N–H and O–H groups in total. The fourth-order valence-electron chi connectivity index (χ4n) is 2.62. The van der Waals surface area contributed by atoms with Gasteiger partial charge in [0.25, 0.3) is 0 Å². The Labute approximate surface area is 92.5 Å². The van der Waals surface area contributed by atoms with E-state index in [1.165, 1.54) is 17.5 Å². The highest BCUT2D eigenvalue weighted by molar-refractivity contribution is 5.36. The average Bonchev–Trinajstić information content (AvgIpc) is 2.53. The van der Waals surface area contributed by atoms with Gasteiger partial charge in [-0.2, -0.15) is 0 Å². The Balaban J connectivity index is 2.21. The molecule has 1 heteroatoms. The van der Waals surface area contributed by atoms with Crippen LogP contribution in [0.3, 0.4) is 0 Å². The van der Waals surface area contributed by atoms with Gasteiger partial charge in [-0.25, -0.2) is 0 Å². The molecule has 2 rings (SSSR count). The first-order valence-corrected chi connectivity index (χ1v) is 5.95. The molecule has 0 fully saturated rings. The van der Waals surface area contributed by atoms with E-state index >= 15 is 0 Å². The summed E-state index contributed by atoms with van der Waals surface area (Å²) in [6.07, 6.45) is 2.99. The van der Waals surface area contributed by atoms with Crippen molar-refractivity contribution in [1.82, 2.24) is 0 Å². The second kappa shape index (κ2) is 4.36. The fourth-order valence-corrected chi connectivity index (χ4v) is 2.62. The first-order valence-electron chi connectivity index (χ1n) is 5.95. The highest BCUT2D eigenvalue weighted by Crippen LogP contribution is 2.37. The number of rotatable bonds is 3. The molecule has 0 radical (unpaired) electrons. The van der Waals surface area contributed by atoms with Crippen LogP contribution in [-0.2, 0) is 11.2 Å². The summed E-state index contributed by atoms with van der Waals surface area (Å²) >= 11 is 0. The van der Waals surface area contributed by atoms with E-state index in [0.717, 1.165) is 6.42 Å². The lowest BCUT2D eigenvalue weighted by Crippen LogP contribution is -2.22. The third-order valence-electron chi connectivity index (χ3n) is 3.21. The summed E-state index contributed by atoms with van der Waals surface area (Å²) in [5, 5.41) is 0. The third-order valence-corrected chi connectivity index (χ3v) is 3.21. The minimum Gasteiger partial charge on any atom is -0.375 e. The lowest BCUT2D eigenvalue weighted by Gasteiger charge is -2.21. The second-order valence-electron chi connectivity index (χ2n) is 4.64. The van der Waals surface area contributed by atoms with Crippen molar-refractivity contribution in [3.05, 3.63) is 35.4 Å². The third kappa shape index (κ3) is 2.07. The standard InChI is InChI=1S/C14H20O/c1-4-12-13-8-6-5-7-11(13)9-14(12)15-10(2)3/h5-8,10,12,14H,4,9H2,1-3H3. The molecule has 0 spiro atoms. The van der Waals surface area contributed by atoms with Gasteiger partial charge in [-0.15, -0.1) is 0 Å². The van der Waals surface area contributed by atoms with Gasteiger partial charge in [0.15, 0.2) is 0 Å². The first-order chi connectivity index (χ1) is 7.22. The van der Waals surface area contributed by atoms with Gasteiger partial charge in [0, 0.05) is 5.92 Å². The molecule has 1 aliphatic carbocycles. The van der Waals surface area contributed by atoms with E-state index in [1.54, 1.807) is 0 Å². The number of ether oxygens (including phenoxy) is 1. The Bertz CT molecular complexity index is 330. The smallest absolute Gasteiger partial charge is 0.0687 e. The van der Waals surface area contributed by atoms with Crippen LogP contribution in [0.1, 0.15) is 44.2 Å². The van der Waals surface area contributed by atoms with Crippen molar-refractivity contribution in [2.24, 2.45) is 0 Å². The predicted molar refractivity (Wildman–Crippen MR) is 63.2 cm³/mol. The zero-order chi connectivity index (χ0) is 10.8. The summed E-state index contributed by atoms with van der Waals surface area (Å²) in [6, 6.07) is 8.76. The van der Waals surface area contributed by atoms with E-state index in [4.69, 9.17) is 4.74 Å². The summed E-state index contributed by atoms with van der Waals surface area (Å²) in [7, 11) is 0. The number of hydrogen-bond acceptors (Lipinski definition) is 1. The molecule has 0 bridgehead atoms. The average molecular weight is 204 g/mol. The Morgan fingerprint density at radius 3 is 2.73 bits per heavy atom. The highest BCUT2D eigenvalue weighted by atomic mass is 16.5. The zero-order valence-corrected chi connectivity index (χ0v) is 9.86. The Morgan fingerprint density at radius 1 is 1.33 bits per heavy atom. The Morgan fingerprint density at radius 2 is 2.07 bits per heavy atom. The molecule has 82 valence electrons. The maximum atomic E-state index is 6.00. The van der Waals surface area contributed by atoms with Crippen LogP contribution >= 0.6 is 0 Å². The van der Waals surface area contributed by atoms with Gasteiger partial charge in [-0.3, -0.25) is 0 Å². The summed E-state index contributed by atoms with van der Waals surface area (Å²) < 4.78 is 6.00. The van der Waals surface area contributed by atoms with Crippen LogP contribution in [0.25, 0.3) is 0 Å². The quantitative estimate of drug-likeness (QED) is 0.732. The SMILES string of the molecule is CCC1c2ccccc2CC1OC(C)C. The molecule has 2 atom stereocenters. The van der Waals surface area contributed by atoms with Gasteiger partial charge in [-0.05, 0) is 37.8 Å². The van der Waals surface area contributed by atoms with Crippen LogP contribution in [0.2, 0.25) is 0 Å². The van der Waals surface area contributed by atoms with Gasteiger partial charge >= 0.3 is 0 Å². The minimum atomic E-state index is 0.332. The van der Waals surface area contributed by atoms with Crippen molar-refractivity contribution >= 4 is 0 Å². The van der Waals surface area contributed by atoms with Crippen molar-refractivity contribution in [2.75, 3.05) is 0 Å². The number of hydrogen-bond donors (Lipinski definition) is 0. The van der Waals surface area contributed by atoms with Crippen molar-refractivity contribution in [3.63, 3.8) is 0 Å². The Hall–Kier alpha value is -0.820. The van der Waals surface area contributed by atoms with E-state index < -0.39 is 0 Å². The van der Waals surface area contributed by atoms with E-state index in [2.05, 4.69) is 45.0 Å². The van der Waals surface area contributed by atoms with Gasteiger partial charge in [0.05, 0.1) is 12.2 Å². The molecule has 15 heavy (non-hydrogen) atoms. The monoisotopic (exact) mass is 204 g/mol. The van der Waals surface area contributed by atoms with Crippen LogP contribution in [0.15, 0.2) is 24.3 Å². The molecule has 0 aromatic heterocycles. The molecular formula is C14H20O. The first kappa shape index (κ1) is 10.7. The van der Waals surface area contributed by atoms with Crippen molar-refractivity contribution in [1.29, 1.82) is 0 Å². The van der Waals surface area contributed by atoms with E-state index in [-0.39, 0.29) is 0 Å². The second-order valence-corrected chi connectivity index (χ2v) is 4.64. The molecule has 0 amide bonds. The minimum absolute atomic E-state index is 0.332. The largest absolute Gasteiger partial charge is 0.375 e. The molecule has 1 aliphatic rings. The van der Waals surface area contributed by atoms with Crippen LogP contribution in [0.5, 0.6) is 0 Å². The van der Waals surface area contributed by atoms with Crippen molar-refractivity contribution < 1.29 is 4.74 Å². The zero-order valence-electron chi connectivity index (χ0n) is 9.86. The van der Waals surface area contributed by atoms with Crippen LogP contribution in [0.4, 0.5) is 0 Å². The van der Waals surface area contributed by atoms with Gasteiger partial charge in [-0.1, -0.05) is 31.2 Å². The summed E-state index contributed by atoms with van der Waals surface area (Å²) in [5.41, 5.74) is 2.99. The summed E-state index contributed by atoms with van der Waals surface area (Å²) in [6.45, 7) is 6.49. The molecule has 0 heterocycles. The topological polar surface area (TPSA) is 9.23 Å². The van der Waals surface area contributed by atoms with Gasteiger partial charge < -0.3 is 4.74 Å². The molecule has 1 aromatic rings. The molecule has 0 saturated carbocycles. The van der Waals surface area contributed by atoms with Crippen LogP contribution < -0.4 is 0 Å². The fraction of sp³-hybridized carbons (Fsp3) is 0.571. The molecule has 1 nitrogen and oxygen atoms in total. The molecule has 2 unspecified atom stereocenters. The lowest BCUT2D eigenvalue weighted by molar-refractivity contribution is -0.00137. The highest BCUT2D eigenvalue weighted by Gasteiger charge is 2.31. The van der Waals surface area contributed by atoms with Gasteiger partial charge in [0.1, 0.15) is 0 Å². The number of fused-ring (bicyclic) bond motifs is 1. The lowest BCUT2D eigenvalue weighted by atomic mass is 9.97. The molecule has 0 aliphatic heterocycles. The number of benzene rings is 1. The molecule has 0 saturated heterocycles. The van der Waals surface area contributed by atoms with E-state index in [1.807, 2.05) is 0 Å². The van der Waals surface area contributed by atoms with E-state index in [9.17, 15) is 0 Å². The predicted octanol–water partition coefficient (Wildman–Crippen LogP) is 3.53. The van der Waals surface area contributed by atoms with Crippen molar-refractivity contribution in [2.45, 2.75) is 51.7 Å². The van der Waals surface area contributed by atoms with Gasteiger partial charge in [0.2, 0.25) is 0 Å². The van der Waals surface area contributed by atoms with Crippen LogP contribution in [-0.4, -0.2) is 12.2 Å². The van der Waals surface area contributed by atoms with Crippen LogP contribution in [0, 0.1) is 0 Å². The maximum absolute atomic E-state index is 6.00. The summed E-state index contributed by atoms with van der Waals surface area (Å²) in [5.74, 6) is 0.601. The van der Waals surface area contributed by atoms with Crippen molar-refractivity contribution in [3.8, 4) is 0 Å².